The van der Waals surface area contributed by atoms with Crippen LogP contribution in [0.4, 0.5) is 0 Å². The molecule has 1 aliphatic rings. The van der Waals surface area contributed by atoms with Crippen LogP contribution in [0.5, 0.6) is 5.88 Å². The van der Waals surface area contributed by atoms with Gasteiger partial charge < -0.3 is 5.11 Å². The Labute approximate surface area is 120 Å². The summed E-state index contributed by atoms with van der Waals surface area (Å²) >= 11 is 0. The number of aromatic hydroxyl groups is 1. The fourth-order valence-corrected chi connectivity index (χ4v) is 1.96. The van der Waals surface area contributed by atoms with E-state index in [1.54, 1.807) is 7.05 Å². The second-order valence-electron chi connectivity index (χ2n) is 4.69. The van der Waals surface area contributed by atoms with Crippen molar-refractivity contribution >= 4 is 17.9 Å². The Hall–Kier alpha value is -2.77. The molecule has 0 atom stereocenters. The largest absolute Gasteiger partial charge is 0.493 e. The molecule has 0 radical (unpaired) electrons. The number of hydrazine groups is 1. The molecule has 0 aliphatic carbocycles. The van der Waals surface area contributed by atoms with Crippen molar-refractivity contribution in [3.63, 3.8) is 0 Å². The van der Waals surface area contributed by atoms with E-state index in [0.29, 0.717) is 0 Å². The number of carbonyl (C=O) groups excluding carboxylic acids is 2. The first-order valence-electron chi connectivity index (χ1n) is 6.16. The number of allylic oxidation sites excluding steroid dienone is 2. The molecule has 1 aliphatic heterocycles. The highest BCUT2D eigenvalue weighted by Gasteiger charge is 2.35. The number of nitrogens with zero attached hydrogens (tertiary/aromatic N) is 4. The Morgan fingerprint density at radius 3 is 1.86 bits per heavy atom. The van der Waals surface area contributed by atoms with Crippen LogP contribution in [0.1, 0.15) is 5.56 Å². The van der Waals surface area contributed by atoms with E-state index < -0.39 is 11.8 Å². The van der Waals surface area contributed by atoms with Gasteiger partial charge in [-0.15, -0.1) is 0 Å². The van der Waals surface area contributed by atoms with Crippen LogP contribution in [0.15, 0.2) is 22.5 Å². The standard InChI is InChI=1S/C13H16N4O4/c1-14-10(18)8(11(19)15(14)2)6-5-7-9-12(20)16(3)17(4)13(9)21/h5-7,18H,1-4H3/b6-5+. The van der Waals surface area contributed by atoms with Gasteiger partial charge in [-0.05, 0) is 12.2 Å². The highest BCUT2D eigenvalue weighted by molar-refractivity contribution is 6.22. The van der Waals surface area contributed by atoms with E-state index in [1.807, 2.05) is 0 Å². The van der Waals surface area contributed by atoms with Crippen LogP contribution in [0.25, 0.3) is 6.08 Å². The van der Waals surface area contributed by atoms with Crippen molar-refractivity contribution in [2.24, 2.45) is 14.1 Å². The topological polar surface area (TPSA) is 87.8 Å². The summed E-state index contributed by atoms with van der Waals surface area (Å²) in [5, 5.41) is 12.2. The van der Waals surface area contributed by atoms with Gasteiger partial charge in [0.2, 0.25) is 5.88 Å². The third kappa shape index (κ3) is 2.14. The van der Waals surface area contributed by atoms with E-state index in [0.717, 1.165) is 0 Å². The van der Waals surface area contributed by atoms with Crippen LogP contribution in [0, 0.1) is 0 Å². The number of amides is 2. The van der Waals surface area contributed by atoms with Crippen LogP contribution in [0.3, 0.4) is 0 Å². The fourth-order valence-electron chi connectivity index (χ4n) is 1.96. The van der Waals surface area contributed by atoms with Crippen LogP contribution in [-0.2, 0) is 23.7 Å². The van der Waals surface area contributed by atoms with Crippen LogP contribution >= 0.6 is 0 Å². The van der Waals surface area contributed by atoms with Crippen molar-refractivity contribution in [2.75, 3.05) is 14.1 Å². The number of hydrogen-bond donors (Lipinski definition) is 1. The summed E-state index contributed by atoms with van der Waals surface area (Å²) < 4.78 is 2.54. The summed E-state index contributed by atoms with van der Waals surface area (Å²) in [6.45, 7) is 0. The normalized spacial score (nSPS) is 15.7. The van der Waals surface area contributed by atoms with Gasteiger partial charge in [-0.25, -0.2) is 0 Å². The molecule has 1 aromatic heterocycles. The predicted molar refractivity (Wildman–Crippen MR) is 75.0 cm³/mol. The fraction of sp³-hybridized carbons (Fsp3) is 0.308. The predicted octanol–water partition coefficient (Wildman–Crippen LogP) is -0.786. The summed E-state index contributed by atoms with van der Waals surface area (Å²) in [6, 6.07) is 0. The Morgan fingerprint density at radius 2 is 1.43 bits per heavy atom. The zero-order valence-corrected chi connectivity index (χ0v) is 12.2. The van der Waals surface area contributed by atoms with Crippen LogP contribution in [-0.4, -0.2) is 50.4 Å². The van der Waals surface area contributed by atoms with Gasteiger partial charge in [0.1, 0.15) is 11.1 Å². The molecular weight excluding hydrogens is 276 g/mol. The Balaban J connectivity index is 2.34. The maximum atomic E-state index is 11.8. The molecule has 21 heavy (non-hydrogen) atoms. The molecule has 112 valence electrons. The van der Waals surface area contributed by atoms with Gasteiger partial charge in [-0.1, -0.05) is 6.08 Å². The van der Waals surface area contributed by atoms with Gasteiger partial charge in [0, 0.05) is 28.2 Å². The minimum absolute atomic E-state index is 0.00324. The molecular formula is C13H16N4O4. The zero-order chi connectivity index (χ0) is 15.9. The molecule has 2 rings (SSSR count). The Bertz CT molecular complexity index is 716. The number of rotatable bonds is 2. The SMILES string of the molecule is CN1C(=O)C(=C/C=C/c2c(O)n(C)n(C)c2=O)C(=O)N1C. The summed E-state index contributed by atoms with van der Waals surface area (Å²) in [5.74, 6) is -1.02. The van der Waals surface area contributed by atoms with Crippen molar-refractivity contribution in [3.8, 4) is 5.88 Å². The molecule has 0 bridgehead atoms. The zero-order valence-electron chi connectivity index (χ0n) is 12.2. The molecule has 8 heteroatoms. The summed E-state index contributed by atoms with van der Waals surface area (Å²) in [6.07, 6.45) is 4.09. The maximum absolute atomic E-state index is 11.8. The smallest absolute Gasteiger partial charge is 0.277 e. The minimum Gasteiger partial charge on any atom is -0.493 e. The van der Waals surface area contributed by atoms with E-state index in [9.17, 15) is 19.5 Å². The number of hydrogen-bond acceptors (Lipinski definition) is 4. The van der Waals surface area contributed by atoms with Crippen molar-refractivity contribution in [1.82, 2.24) is 19.4 Å². The third-order valence-corrected chi connectivity index (χ3v) is 3.55. The molecule has 0 saturated carbocycles. The lowest BCUT2D eigenvalue weighted by Crippen LogP contribution is -2.33. The van der Waals surface area contributed by atoms with Crippen LogP contribution < -0.4 is 5.56 Å². The monoisotopic (exact) mass is 292 g/mol. The van der Waals surface area contributed by atoms with Crippen molar-refractivity contribution in [2.45, 2.75) is 0 Å². The van der Waals surface area contributed by atoms with E-state index in [2.05, 4.69) is 0 Å². The van der Waals surface area contributed by atoms with Gasteiger partial charge >= 0.3 is 0 Å². The van der Waals surface area contributed by atoms with E-state index >= 15 is 0 Å². The number of carbonyl (C=O) groups is 2. The van der Waals surface area contributed by atoms with Crippen LogP contribution in [0.2, 0.25) is 0 Å². The number of likely N-dealkylation sites (N-methyl/N-ethyl adjacent to an activating group) is 2. The molecule has 0 aromatic carbocycles. The first-order valence-corrected chi connectivity index (χ1v) is 6.16. The highest BCUT2D eigenvalue weighted by atomic mass is 16.3. The van der Waals surface area contributed by atoms with Crippen molar-refractivity contribution < 1.29 is 14.7 Å². The molecule has 1 N–H and O–H groups in total. The Kier molecular flexibility index (Phi) is 3.46. The summed E-state index contributed by atoms with van der Waals surface area (Å²) in [4.78, 5) is 35.4. The summed E-state index contributed by atoms with van der Waals surface area (Å²) in [5.41, 5.74) is -0.275. The third-order valence-electron chi connectivity index (χ3n) is 3.55. The van der Waals surface area contributed by atoms with Crippen molar-refractivity contribution in [3.05, 3.63) is 33.6 Å². The second-order valence-corrected chi connectivity index (χ2v) is 4.69. The van der Waals surface area contributed by atoms with E-state index in [1.165, 1.54) is 58.8 Å². The molecule has 1 fully saturated rings. The van der Waals surface area contributed by atoms with Gasteiger partial charge in [-0.3, -0.25) is 33.8 Å². The average Bonchev–Trinajstić information content (AvgIpc) is 2.76. The molecule has 0 spiro atoms. The van der Waals surface area contributed by atoms with Gasteiger partial charge in [0.25, 0.3) is 17.4 Å². The molecule has 2 amide bonds. The second kappa shape index (κ2) is 4.97. The van der Waals surface area contributed by atoms with E-state index in [4.69, 9.17) is 0 Å². The van der Waals surface area contributed by atoms with Crippen molar-refractivity contribution in [1.29, 1.82) is 0 Å². The molecule has 1 saturated heterocycles. The lowest BCUT2D eigenvalue weighted by molar-refractivity contribution is -0.141. The lowest BCUT2D eigenvalue weighted by Gasteiger charge is -2.16. The van der Waals surface area contributed by atoms with Gasteiger partial charge in [0.05, 0.1) is 0 Å². The first kappa shape index (κ1) is 14.6. The maximum Gasteiger partial charge on any atom is 0.277 e. The minimum atomic E-state index is -0.419. The van der Waals surface area contributed by atoms with Gasteiger partial charge in [-0.2, -0.15) is 0 Å². The molecule has 0 unspecified atom stereocenters. The average molecular weight is 292 g/mol. The van der Waals surface area contributed by atoms with E-state index in [-0.39, 0.29) is 22.6 Å². The summed E-state index contributed by atoms with van der Waals surface area (Å²) in [7, 11) is 6.04. The highest BCUT2D eigenvalue weighted by Crippen LogP contribution is 2.17. The molecule has 1 aromatic rings. The quantitative estimate of drug-likeness (QED) is 0.572. The number of aromatic nitrogens is 2. The first-order chi connectivity index (χ1) is 9.77. The Morgan fingerprint density at radius 1 is 0.905 bits per heavy atom. The van der Waals surface area contributed by atoms with Gasteiger partial charge in [0.15, 0.2) is 0 Å². The molecule has 8 nitrogen and oxygen atoms in total. The molecule has 2 heterocycles. The lowest BCUT2D eigenvalue weighted by atomic mass is 10.2.